The second-order valence-corrected chi connectivity index (χ2v) is 16.8. The molecular formula is C37H33Cl2F4N7O4S. The molecular weight excluding hydrogens is 785 g/mol. The van der Waals surface area contributed by atoms with Gasteiger partial charge in [-0.25, -0.2) is 26.9 Å². The van der Waals surface area contributed by atoms with Crippen LogP contribution in [0, 0.1) is 29.4 Å². The van der Waals surface area contributed by atoms with Crippen molar-refractivity contribution in [1.29, 1.82) is 0 Å². The number of fused-ring (bicyclic) bond motifs is 4. The molecule has 288 valence electrons. The number of pyridine rings is 1. The van der Waals surface area contributed by atoms with E-state index >= 15 is 8.78 Å². The van der Waals surface area contributed by atoms with Crippen molar-refractivity contribution in [1.82, 2.24) is 29.9 Å². The molecule has 55 heavy (non-hydrogen) atoms. The molecule has 7 rings (SSSR count). The first-order valence-corrected chi connectivity index (χ1v) is 19.6. The van der Waals surface area contributed by atoms with Crippen molar-refractivity contribution in [2.24, 2.45) is 13.0 Å². The van der Waals surface area contributed by atoms with Crippen LogP contribution in [-0.2, 0) is 40.8 Å². The SMILES string of the molecule is Cn1nc(NS(C)(=O)=O)c2c(Cl)ccc(-c3ccc(C#CC(C)(C)O)nc3[C@H](Cc3cc(F)cc(F)c3)NC(=O)Cn3nc4c(c3Cl)[C@H]3CC[C@H]3C4(F)F)c21. The van der Waals surface area contributed by atoms with Gasteiger partial charge in [0.15, 0.2) is 5.82 Å². The molecule has 0 radical (unpaired) electrons. The highest BCUT2D eigenvalue weighted by Crippen LogP contribution is 2.63. The van der Waals surface area contributed by atoms with E-state index in [4.69, 9.17) is 28.2 Å². The summed E-state index contributed by atoms with van der Waals surface area (Å²) in [4.78, 5) is 18.7. The Labute approximate surface area is 323 Å². The van der Waals surface area contributed by atoms with Gasteiger partial charge >= 0.3 is 0 Å². The molecule has 0 aliphatic heterocycles. The van der Waals surface area contributed by atoms with Gasteiger partial charge in [-0.3, -0.25) is 14.2 Å². The number of halogens is 6. The van der Waals surface area contributed by atoms with E-state index in [1.54, 1.807) is 25.2 Å². The third-order valence-electron chi connectivity index (χ3n) is 9.60. The van der Waals surface area contributed by atoms with Gasteiger partial charge in [0.25, 0.3) is 5.92 Å². The first-order valence-electron chi connectivity index (χ1n) is 17.0. The molecule has 3 aromatic heterocycles. The molecule has 2 aromatic carbocycles. The predicted octanol–water partition coefficient (Wildman–Crippen LogP) is 6.61. The number of hydrogen-bond acceptors (Lipinski definition) is 7. The van der Waals surface area contributed by atoms with Crippen LogP contribution in [0.2, 0.25) is 10.2 Å². The maximum absolute atomic E-state index is 15.1. The number of amides is 1. The van der Waals surface area contributed by atoms with Crippen molar-refractivity contribution in [2.75, 3.05) is 11.0 Å². The van der Waals surface area contributed by atoms with Crippen molar-refractivity contribution in [3.63, 3.8) is 0 Å². The standard InChI is InChI=1S/C37H33Cl2F4N7O4S/c1-36(2,52)12-11-21-5-6-22(23-8-10-26(38)30-32(23)49(3)47-35(30)48-55(4,53)54)31(44-21)27(15-18-13-19(40)16-20(41)14-18)45-28(51)17-50-34(39)29-24-7-9-25(24)37(42,43)33(29)46-50/h5-6,8,10,13-14,16,24-25,27,52H,7,9,15,17H2,1-4H3,(H,45,51)(H,47,48)/t24-,25+,27-/m0/s1. The minimum Gasteiger partial charge on any atom is -0.378 e. The van der Waals surface area contributed by atoms with E-state index in [0.717, 1.165) is 23.1 Å². The fourth-order valence-electron chi connectivity index (χ4n) is 7.24. The van der Waals surface area contributed by atoms with Crippen LogP contribution in [0.25, 0.3) is 22.0 Å². The average molecular weight is 819 g/mol. The molecule has 2 aliphatic rings. The predicted molar refractivity (Wildman–Crippen MR) is 198 cm³/mol. The molecule has 3 heterocycles. The van der Waals surface area contributed by atoms with Crippen LogP contribution < -0.4 is 10.0 Å². The molecule has 3 atom stereocenters. The van der Waals surface area contributed by atoms with Crippen LogP contribution in [0.3, 0.4) is 0 Å². The van der Waals surface area contributed by atoms with Gasteiger partial charge < -0.3 is 10.4 Å². The zero-order chi connectivity index (χ0) is 39.8. The molecule has 2 aliphatic carbocycles. The lowest BCUT2D eigenvalue weighted by Gasteiger charge is -2.34. The quantitative estimate of drug-likeness (QED) is 0.112. The number of benzene rings is 2. The number of nitrogens with zero attached hydrogens (tertiary/aromatic N) is 5. The maximum atomic E-state index is 15.1. The van der Waals surface area contributed by atoms with Crippen molar-refractivity contribution >= 4 is 55.9 Å². The summed E-state index contributed by atoms with van der Waals surface area (Å²) in [5.41, 5.74) is -0.0372. The lowest BCUT2D eigenvalue weighted by atomic mass is 9.73. The van der Waals surface area contributed by atoms with Gasteiger partial charge in [0.2, 0.25) is 15.9 Å². The number of rotatable bonds is 9. The Morgan fingerprint density at radius 3 is 2.42 bits per heavy atom. The number of carbonyl (C=O) groups excluding carboxylic acids is 1. The van der Waals surface area contributed by atoms with Crippen LogP contribution in [0.15, 0.2) is 42.5 Å². The highest BCUT2D eigenvalue weighted by Gasteiger charge is 2.61. The molecule has 1 saturated carbocycles. The summed E-state index contributed by atoms with van der Waals surface area (Å²) in [6.07, 6.45) is 1.61. The van der Waals surface area contributed by atoms with Crippen molar-refractivity contribution < 1.29 is 35.9 Å². The van der Waals surface area contributed by atoms with Gasteiger partial charge in [-0.1, -0.05) is 35.2 Å². The van der Waals surface area contributed by atoms with Gasteiger partial charge in [-0.2, -0.15) is 19.0 Å². The third kappa shape index (κ3) is 7.50. The van der Waals surface area contributed by atoms with E-state index in [1.807, 2.05) is 0 Å². The Bertz CT molecular complexity index is 2560. The maximum Gasteiger partial charge on any atom is 0.295 e. The smallest absolute Gasteiger partial charge is 0.295 e. The molecule has 0 saturated heterocycles. The van der Waals surface area contributed by atoms with E-state index < -0.39 is 69.2 Å². The molecule has 1 amide bonds. The largest absolute Gasteiger partial charge is 0.378 e. The number of aryl methyl sites for hydroxylation is 1. The van der Waals surface area contributed by atoms with Crippen LogP contribution in [0.4, 0.5) is 23.4 Å². The van der Waals surface area contributed by atoms with Crippen LogP contribution in [0.1, 0.15) is 66.9 Å². The molecule has 18 heteroatoms. The molecule has 0 spiro atoms. The highest BCUT2D eigenvalue weighted by atomic mass is 35.5. The Morgan fingerprint density at radius 1 is 1.09 bits per heavy atom. The van der Waals surface area contributed by atoms with E-state index in [1.165, 1.54) is 24.6 Å². The summed E-state index contributed by atoms with van der Waals surface area (Å²) in [6.45, 7) is 2.38. The molecule has 5 aromatic rings. The number of aliphatic hydroxyl groups is 1. The summed E-state index contributed by atoms with van der Waals surface area (Å²) in [7, 11) is -2.22. The second kappa shape index (κ2) is 13.8. The first-order chi connectivity index (χ1) is 25.7. The van der Waals surface area contributed by atoms with Crippen molar-refractivity contribution in [3.8, 4) is 23.0 Å². The zero-order valence-electron chi connectivity index (χ0n) is 29.7. The molecule has 1 fully saturated rings. The number of nitrogens with one attached hydrogen (secondary N) is 2. The molecule has 0 unspecified atom stereocenters. The van der Waals surface area contributed by atoms with Gasteiger partial charge in [0.1, 0.15) is 40.3 Å². The molecule has 0 bridgehead atoms. The molecule has 11 nitrogen and oxygen atoms in total. The van der Waals surface area contributed by atoms with Crippen LogP contribution in [-0.4, -0.2) is 55.8 Å². The number of carbonyl (C=O) groups is 1. The minimum absolute atomic E-state index is 0.0455. The average Bonchev–Trinajstić information content (AvgIpc) is 3.58. The Hall–Kier alpha value is -4.69. The van der Waals surface area contributed by atoms with Gasteiger partial charge in [0.05, 0.1) is 33.9 Å². The minimum atomic E-state index is -3.79. The number of anilines is 1. The van der Waals surface area contributed by atoms with Gasteiger partial charge in [-0.15, -0.1) is 0 Å². The number of sulfonamides is 1. The topological polar surface area (TPSA) is 144 Å². The van der Waals surface area contributed by atoms with E-state index in [2.05, 4.69) is 32.1 Å². The Morgan fingerprint density at radius 2 is 1.78 bits per heavy atom. The second-order valence-electron chi connectivity index (χ2n) is 14.3. The lowest BCUT2D eigenvalue weighted by molar-refractivity contribution is -0.122. The van der Waals surface area contributed by atoms with Crippen LogP contribution in [0.5, 0.6) is 0 Å². The van der Waals surface area contributed by atoms with Crippen molar-refractivity contribution in [3.05, 3.63) is 92.5 Å². The number of hydrogen-bond donors (Lipinski definition) is 3. The molecule has 3 N–H and O–H groups in total. The van der Waals surface area contributed by atoms with E-state index in [9.17, 15) is 27.1 Å². The fourth-order valence-corrected chi connectivity index (χ4v) is 8.31. The van der Waals surface area contributed by atoms with E-state index in [-0.39, 0.29) is 50.3 Å². The van der Waals surface area contributed by atoms with Gasteiger partial charge in [0, 0.05) is 35.7 Å². The number of aromatic nitrogens is 5. The monoisotopic (exact) mass is 817 g/mol. The number of alkyl halides is 2. The Balaban J connectivity index is 1.37. The summed E-state index contributed by atoms with van der Waals surface area (Å²) in [5.74, 6) is -1.55. The first kappa shape index (κ1) is 38.6. The van der Waals surface area contributed by atoms with Gasteiger partial charge in [-0.05, 0) is 80.8 Å². The lowest BCUT2D eigenvalue weighted by Crippen LogP contribution is -2.35. The summed E-state index contributed by atoms with van der Waals surface area (Å²) in [6, 6.07) is 8.07. The summed E-state index contributed by atoms with van der Waals surface area (Å²) >= 11 is 13.2. The summed E-state index contributed by atoms with van der Waals surface area (Å²) in [5, 5.41) is 21.9. The normalized spacial score (nSPS) is 17.9. The summed E-state index contributed by atoms with van der Waals surface area (Å²) < 4.78 is 88.6. The van der Waals surface area contributed by atoms with E-state index in [0.29, 0.717) is 35.6 Å². The Kier molecular flexibility index (Phi) is 9.68. The zero-order valence-corrected chi connectivity index (χ0v) is 32.0. The fraction of sp³-hybridized carbons (Fsp3) is 0.351. The van der Waals surface area contributed by atoms with Crippen LogP contribution >= 0.6 is 23.2 Å². The highest BCUT2D eigenvalue weighted by molar-refractivity contribution is 7.92. The third-order valence-corrected chi connectivity index (χ3v) is 10.9. The van der Waals surface area contributed by atoms with Crippen molar-refractivity contribution in [2.45, 2.75) is 63.1 Å².